The first kappa shape index (κ1) is 22.9. The van der Waals surface area contributed by atoms with E-state index in [1.54, 1.807) is 18.2 Å². The molecule has 1 aliphatic rings. The van der Waals surface area contributed by atoms with Crippen molar-refractivity contribution in [2.45, 2.75) is 51.5 Å². The topological polar surface area (TPSA) is 59.1 Å². The molecule has 2 atom stereocenters. The highest BCUT2D eigenvalue weighted by Gasteiger charge is 2.39. The van der Waals surface area contributed by atoms with Crippen LogP contribution in [0.5, 0.6) is 11.5 Å². The maximum Gasteiger partial charge on any atom is 0.416 e. The molecular weight excluding hydrogens is 409 g/mol. The van der Waals surface area contributed by atoms with E-state index in [0.717, 1.165) is 18.6 Å². The number of halogens is 3. The number of ether oxygens (including phenoxy) is 2. The summed E-state index contributed by atoms with van der Waals surface area (Å²) in [6, 6.07) is 8.42. The lowest BCUT2D eigenvalue weighted by atomic mass is 10.0. The van der Waals surface area contributed by atoms with E-state index in [-0.39, 0.29) is 29.3 Å². The number of alkyl halides is 3. The Morgan fingerprint density at radius 3 is 2.71 bits per heavy atom. The number of phenols is 1. The number of aromatic hydroxyl groups is 1. The third-order valence-electron chi connectivity index (χ3n) is 5.05. The van der Waals surface area contributed by atoms with E-state index in [4.69, 9.17) is 9.47 Å². The van der Waals surface area contributed by atoms with Crippen LogP contribution in [0.1, 0.15) is 59.8 Å². The van der Waals surface area contributed by atoms with Crippen LogP contribution < -0.4 is 4.74 Å². The van der Waals surface area contributed by atoms with Gasteiger partial charge in [-0.15, -0.1) is 0 Å². The summed E-state index contributed by atoms with van der Waals surface area (Å²) >= 11 is 0. The van der Waals surface area contributed by atoms with E-state index in [2.05, 4.69) is 0 Å². The molecule has 1 N–H and O–H groups in total. The molecule has 3 rings (SSSR count). The SMILES string of the molecule is CCCc1c(OCC/C=C\[C@@H]2O[C@H]2c2cccc(C(F)(F)F)c2)ccc(C(C)=O)c1O. The van der Waals surface area contributed by atoms with Crippen LogP contribution in [0.4, 0.5) is 13.2 Å². The van der Waals surface area contributed by atoms with Crippen molar-refractivity contribution >= 4 is 5.78 Å². The summed E-state index contributed by atoms with van der Waals surface area (Å²) in [6.07, 6.45) is 0.634. The van der Waals surface area contributed by atoms with Gasteiger partial charge in [0.05, 0.1) is 17.7 Å². The molecule has 0 bridgehead atoms. The Hall–Kier alpha value is -2.80. The summed E-state index contributed by atoms with van der Waals surface area (Å²) in [7, 11) is 0. The van der Waals surface area contributed by atoms with Crippen molar-refractivity contribution in [1.29, 1.82) is 0 Å². The van der Waals surface area contributed by atoms with E-state index in [1.165, 1.54) is 13.0 Å². The third-order valence-corrected chi connectivity index (χ3v) is 5.05. The van der Waals surface area contributed by atoms with Gasteiger partial charge in [0.1, 0.15) is 23.7 Å². The molecule has 1 aliphatic heterocycles. The van der Waals surface area contributed by atoms with Crippen LogP contribution in [-0.4, -0.2) is 23.6 Å². The maximum absolute atomic E-state index is 12.8. The molecule has 1 saturated heterocycles. The van der Waals surface area contributed by atoms with Gasteiger partial charge in [-0.1, -0.05) is 37.6 Å². The first-order valence-corrected chi connectivity index (χ1v) is 10.2. The molecule has 0 aromatic heterocycles. The van der Waals surface area contributed by atoms with Crippen LogP contribution in [0.2, 0.25) is 0 Å². The third kappa shape index (κ3) is 5.67. The monoisotopic (exact) mass is 434 g/mol. The molecule has 0 aliphatic carbocycles. The zero-order valence-corrected chi connectivity index (χ0v) is 17.4. The Morgan fingerprint density at radius 1 is 1.26 bits per heavy atom. The highest BCUT2D eigenvalue weighted by Crippen LogP contribution is 2.41. The summed E-state index contributed by atoms with van der Waals surface area (Å²) in [4.78, 5) is 11.6. The molecule has 31 heavy (non-hydrogen) atoms. The quantitative estimate of drug-likeness (QED) is 0.227. The normalized spacial score (nSPS) is 18.4. The minimum atomic E-state index is -4.37. The number of benzene rings is 2. The van der Waals surface area contributed by atoms with Gasteiger partial charge in [0.2, 0.25) is 0 Å². The largest absolute Gasteiger partial charge is 0.507 e. The van der Waals surface area contributed by atoms with Crippen molar-refractivity contribution in [3.05, 3.63) is 70.8 Å². The lowest BCUT2D eigenvalue weighted by Gasteiger charge is -2.14. The van der Waals surface area contributed by atoms with Crippen LogP contribution in [0.3, 0.4) is 0 Å². The van der Waals surface area contributed by atoms with Gasteiger partial charge in [0.15, 0.2) is 5.78 Å². The van der Waals surface area contributed by atoms with E-state index in [1.807, 2.05) is 19.1 Å². The fourth-order valence-electron chi connectivity index (χ4n) is 3.43. The molecule has 166 valence electrons. The first-order chi connectivity index (χ1) is 14.7. The standard InChI is InChI=1S/C24H25F3O4/c1-3-7-19-20(12-11-18(15(2)28)22(19)29)30-13-5-4-10-21-23(31-21)16-8-6-9-17(14-16)24(25,26)27/h4,6,8-12,14,21,23,29H,3,5,7,13H2,1-2H3/b10-4-/t21-,23-/m0/s1. The minimum Gasteiger partial charge on any atom is -0.507 e. The highest BCUT2D eigenvalue weighted by atomic mass is 19.4. The smallest absolute Gasteiger partial charge is 0.416 e. The molecule has 0 saturated carbocycles. The average Bonchev–Trinajstić information content (AvgIpc) is 3.49. The van der Waals surface area contributed by atoms with Crippen molar-refractivity contribution < 1.29 is 32.5 Å². The molecule has 7 heteroatoms. The number of rotatable bonds is 9. The van der Waals surface area contributed by atoms with E-state index < -0.39 is 11.7 Å². The Bertz CT molecular complexity index is 966. The number of carbonyl (C=O) groups is 1. The van der Waals surface area contributed by atoms with Crippen molar-refractivity contribution in [1.82, 2.24) is 0 Å². The summed E-state index contributed by atoms with van der Waals surface area (Å²) in [5.41, 5.74) is 0.723. The first-order valence-electron chi connectivity index (χ1n) is 10.2. The van der Waals surface area contributed by atoms with Gasteiger partial charge in [-0.25, -0.2) is 0 Å². The predicted molar refractivity (Wildman–Crippen MR) is 110 cm³/mol. The van der Waals surface area contributed by atoms with E-state index >= 15 is 0 Å². The molecule has 2 aromatic carbocycles. The second kappa shape index (κ2) is 9.56. The Balaban J connectivity index is 1.53. The fraction of sp³-hybridized carbons (Fsp3) is 0.375. The molecule has 0 radical (unpaired) electrons. The number of epoxide rings is 1. The number of hydrogen-bond donors (Lipinski definition) is 1. The Kier molecular flexibility index (Phi) is 7.05. The lowest BCUT2D eigenvalue weighted by molar-refractivity contribution is -0.137. The van der Waals surface area contributed by atoms with Gasteiger partial charge < -0.3 is 14.6 Å². The van der Waals surface area contributed by atoms with Gasteiger partial charge in [0.25, 0.3) is 0 Å². The van der Waals surface area contributed by atoms with Crippen LogP contribution in [0.15, 0.2) is 48.6 Å². The van der Waals surface area contributed by atoms with E-state index in [0.29, 0.717) is 36.3 Å². The molecule has 0 spiro atoms. The second-order valence-electron chi connectivity index (χ2n) is 7.45. The number of ketones is 1. The van der Waals surface area contributed by atoms with Gasteiger partial charge in [0, 0.05) is 5.56 Å². The van der Waals surface area contributed by atoms with Gasteiger partial charge in [-0.3, -0.25) is 4.79 Å². The lowest BCUT2D eigenvalue weighted by Crippen LogP contribution is -2.05. The Morgan fingerprint density at radius 2 is 2.03 bits per heavy atom. The Labute approximate surface area is 179 Å². The van der Waals surface area contributed by atoms with Crippen molar-refractivity contribution in [2.24, 2.45) is 0 Å². The number of Topliss-reactive ketones (excluding diaryl/α,β-unsaturated/α-hetero) is 1. The van der Waals surface area contributed by atoms with Crippen LogP contribution in [0, 0.1) is 0 Å². The summed E-state index contributed by atoms with van der Waals surface area (Å²) in [6.45, 7) is 3.73. The van der Waals surface area contributed by atoms with Gasteiger partial charge in [-0.05, 0) is 49.6 Å². The predicted octanol–water partition coefficient (Wildman–Crippen LogP) is 6.03. The van der Waals surface area contributed by atoms with Gasteiger partial charge >= 0.3 is 6.18 Å². The number of phenolic OH excluding ortho intramolecular Hbond substituents is 1. The number of carbonyl (C=O) groups excluding carboxylic acids is 1. The zero-order valence-electron chi connectivity index (χ0n) is 17.4. The summed E-state index contributed by atoms with van der Waals surface area (Å²) < 4.78 is 49.8. The zero-order chi connectivity index (χ0) is 22.6. The molecule has 2 aromatic rings. The van der Waals surface area contributed by atoms with Crippen molar-refractivity contribution in [3.8, 4) is 11.5 Å². The molecule has 0 amide bonds. The highest BCUT2D eigenvalue weighted by molar-refractivity contribution is 5.97. The van der Waals surface area contributed by atoms with E-state index in [9.17, 15) is 23.1 Å². The number of hydrogen-bond acceptors (Lipinski definition) is 4. The average molecular weight is 434 g/mol. The van der Waals surface area contributed by atoms with Gasteiger partial charge in [-0.2, -0.15) is 13.2 Å². The molecule has 1 heterocycles. The molecule has 4 nitrogen and oxygen atoms in total. The summed E-state index contributed by atoms with van der Waals surface area (Å²) in [5.74, 6) is 0.309. The molecule has 0 unspecified atom stereocenters. The molecular formula is C24H25F3O4. The maximum atomic E-state index is 12.8. The molecule has 1 fully saturated rings. The minimum absolute atomic E-state index is 0.0299. The van der Waals surface area contributed by atoms with Crippen LogP contribution in [0.25, 0.3) is 0 Å². The van der Waals surface area contributed by atoms with Crippen molar-refractivity contribution in [3.63, 3.8) is 0 Å². The van der Waals surface area contributed by atoms with Crippen molar-refractivity contribution in [2.75, 3.05) is 6.61 Å². The second-order valence-corrected chi connectivity index (χ2v) is 7.45. The van der Waals surface area contributed by atoms with Crippen LogP contribution in [-0.2, 0) is 17.3 Å². The fourth-order valence-corrected chi connectivity index (χ4v) is 3.43. The summed E-state index contributed by atoms with van der Waals surface area (Å²) in [5, 5.41) is 10.4. The van der Waals surface area contributed by atoms with Crippen LogP contribution >= 0.6 is 0 Å².